The van der Waals surface area contributed by atoms with Crippen LogP contribution in [0.2, 0.25) is 0 Å². The van der Waals surface area contributed by atoms with Gasteiger partial charge in [0.15, 0.2) is 0 Å². The number of piperidine rings is 1. The molecule has 0 spiro atoms. The zero-order valence-corrected chi connectivity index (χ0v) is 15.0. The summed E-state index contributed by atoms with van der Waals surface area (Å²) in [6.45, 7) is 5.76. The van der Waals surface area contributed by atoms with Crippen LogP contribution in [-0.4, -0.2) is 55.0 Å². The zero-order valence-electron chi connectivity index (χ0n) is 15.0. The smallest absolute Gasteiger partial charge is 0.236 e. The molecular formula is C20H30N2O2. The van der Waals surface area contributed by atoms with Gasteiger partial charge in [0.05, 0.1) is 13.7 Å². The van der Waals surface area contributed by atoms with Crippen LogP contribution in [0.15, 0.2) is 24.3 Å². The molecule has 4 heteroatoms. The predicted molar refractivity (Wildman–Crippen MR) is 96.3 cm³/mol. The lowest BCUT2D eigenvalue weighted by molar-refractivity contribution is -0.134. The largest absolute Gasteiger partial charge is 0.497 e. The highest BCUT2D eigenvalue weighted by atomic mass is 16.5. The Bertz CT molecular complexity index is 560. The lowest BCUT2D eigenvalue weighted by Crippen LogP contribution is -2.46. The molecule has 0 saturated carbocycles. The van der Waals surface area contributed by atoms with E-state index < -0.39 is 0 Å². The second-order valence-corrected chi connectivity index (χ2v) is 7.41. The number of hydrogen-bond acceptors (Lipinski definition) is 3. The Balaban J connectivity index is 1.57. The van der Waals surface area contributed by atoms with Crippen LogP contribution in [0.25, 0.3) is 0 Å². The average molecular weight is 330 g/mol. The molecule has 0 aromatic heterocycles. The number of carbonyl (C=O) groups is 1. The van der Waals surface area contributed by atoms with E-state index in [2.05, 4.69) is 28.9 Å². The van der Waals surface area contributed by atoms with E-state index in [1.54, 1.807) is 7.11 Å². The summed E-state index contributed by atoms with van der Waals surface area (Å²) < 4.78 is 5.33. The van der Waals surface area contributed by atoms with Crippen molar-refractivity contribution in [2.75, 3.05) is 33.3 Å². The molecular weight excluding hydrogens is 300 g/mol. The first-order chi connectivity index (χ1) is 11.7. The molecule has 2 fully saturated rings. The van der Waals surface area contributed by atoms with E-state index in [0.717, 1.165) is 38.2 Å². The molecule has 1 aromatic carbocycles. The van der Waals surface area contributed by atoms with Gasteiger partial charge in [-0.2, -0.15) is 0 Å². The predicted octanol–water partition coefficient (Wildman–Crippen LogP) is 2.96. The summed E-state index contributed by atoms with van der Waals surface area (Å²) in [5.74, 6) is 1.88. The molecule has 2 atom stereocenters. The number of carbonyl (C=O) groups excluding carboxylic acids is 1. The van der Waals surface area contributed by atoms with Gasteiger partial charge < -0.3 is 9.64 Å². The quantitative estimate of drug-likeness (QED) is 0.832. The Morgan fingerprint density at radius 2 is 2.08 bits per heavy atom. The van der Waals surface area contributed by atoms with Crippen molar-refractivity contribution >= 4 is 5.91 Å². The molecule has 2 aliphatic heterocycles. The Labute approximate surface area is 145 Å². The molecule has 3 rings (SSSR count). The number of hydrogen-bond donors (Lipinski definition) is 0. The molecule has 0 bridgehead atoms. The summed E-state index contributed by atoms with van der Waals surface area (Å²) in [7, 11) is 1.71. The summed E-state index contributed by atoms with van der Waals surface area (Å²) in [6.07, 6.45) is 5.78. The second-order valence-electron chi connectivity index (χ2n) is 7.41. The number of methoxy groups -OCH3 is 1. The van der Waals surface area contributed by atoms with Crippen LogP contribution >= 0.6 is 0 Å². The zero-order chi connectivity index (χ0) is 16.9. The van der Waals surface area contributed by atoms with Crippen molar-refractivity contribution in [3.63, 3.8) is 0 Å². The van der Waals surface area contributed by atoms with Gasteiger partial charge in [0.25, 0.3) is 0 Å². The van der Waals surface area contributed by atoms with Gasteiger partial charge in [-0.05, 0) is 62.3 Å². The third kappa shape index (κ3) is 4.29. The highest BCUT2D eigenvalue weighted by molar-refractivity contribution is 5.78. The Morgan fingerprint density at radius 1 is 1.25 bits per heavy atom. The SMILES string of the molecule is COc1cccc(C[C@H]2CCCN2CC(=O)N2CCC[C@@H](C)C2)c1. The highest BCUT2D eigenvalue weighted by Crippen LogP contribution is 2.24. The van der Waals surface area contributed by atoms with E-state index in [0.29, 0.717) is 24.4 Å². The van der Waals surface area contributed by atoms with Crippen molar-refractivity contribution in [2.45, 2.75) is 45.1 Å². The Morgan fingerprint density at radius 3 is 2.88 bits per heavy atom. The fourth-order valence-electron chi connectivity index (χ4n) is 4.10. The molecule has 4 nitrogen and oxygen atoms in total. The third-order valence-corrected chi connectivity index (χ3v) is 5.45. The van der Waals surface area contributed by atoms with Crippen molar-refractivity contribution < 1.29 is 9.53 Å². The molecule has 24 heavy (non-hydrogen) atoms. The molecule has 0 radical (unpaired) electrons. The summed E-state index contributed by atoms with van der Waals surface area (Å²) in [6, 6.07) is 8.78. The summed E-state index contributed by atoms with van der Waals surface area (Å²) in [4.78, 5) is 17.1. The van der Waals surface area contributed by atoms with E-state index in [1.807, 2.05) is 12.1 Å². The third-order valence-electron chi connectivity index (χ3n) is 5.45. The van der Waals surface area contributed by atoms with Crippen LogP contribution < -0.4 is 4.74 Å². The normalized spacial score (nSPS) is 25.0. The maximum absolute atomic E-state index is 12.7. The van der Waals surface area contributed by atoms with Crippen LogP contribution in [-0.2, 0) is 11.2 Å². The Hall–Kier alpha value is -1.55. The molecule has 1 aromatic rings. The minimum atomic E-state index is 0.319. The van der Waals surface area contributed by atoms with Gasteiger partial charge in [-0.3, -0.25) is 9.69 Å². The number of nitrogens with zero attached hydrogens (tertiary/aromatic N) is 2. The maximum Gasteiger partial charge on any atom is 0.236 e. The molecule has 2 aliphatic rings. The summed E-state index contributed by atoms with van der Waals surface area (Å²) in [5.41, 5.74) is 1.30. The fraction of sp³-hybridized carbons (Fsp3) is 0.650. The fourth-order valence-corrected chi connectivity index (χ4v) is 4.10. The summed E-state index contributed by atoms with van der Waals surface area (Å²) in [5, 5.41) is 0. The molecule has 0 N–H and O–H groups in total. The Kier molecular flexibility index (Phi) is 5.77. The van der Waals surface area contributed by atoms with E-state index in [1.165, 1.54) is 24.8 Å². The molecule has 132 valence electrons. The second kappa shape index (κ2) is 8.02. The van der Waals surface area contributed by atoms with Gasteiger partial charge in [0, 0.05) is 19.1 Å². The first kappa shape index (κ1) is 17.3. The maximum atomic E-state index is 12.7. The van der Waals surface area contributed by atoms with Crippen molar-refractivity contribution in [3.05, 3.63) is 29.8 Å². The van der Waals surface area contributed by atoms with Crippen LogP contribution in [0.1, 0.15) is 38.2 Å². The van der Waals surface area contributed by atoms with Gasteiger partial charge in [0.1, 0.15) is 5.75 Å². The van der Waals surface area contributed by atoms with Crippen molar-refractivity contribution in [2.24, 2.45) is 5.92 Å². The lowest BCUT2D eigenvalue weighted by atomic mass is 10.00. The summed E-state index contributed by atoms with van der Waals surface area (Å²) >= 11 is 0. The number of benzene rings is 1. The minimum absolute atomic E-state index is 0.319. The average Bonchev–Trinajstić information content (AvgIpc) is 3.02. The number of amides is 1. The minimum Gasteiger partial charge on any atom is -0.497 e. The number of rotatable bonds is 5. The monoisotopic (exact) mass is 330 g/mol. The van der Waals surface area contributed by atoms with Gasteiger partial charge >= 0.3 is 0 Å². The number of likely N-dealkylation sites (tertiary alicyclic amines) is 2. The molecule has 1 amide bonds. The number of ether oxygens (including phenoxy) is 1. The van der Waals surface area contributed by atoms with Gasteiger partial charge in [-0.1, -0.05) is 19.1 Å². The molecule has 2 heterocycles. The van der Waals surface area contributed by atoms with Crippen LogP contribution in [0, 0.1) is 5.92 Å². The van der Waals surface area contributed by atoms with Gasteiger partial charge in [-0.15, -0.1) is 0 Å². The van der Waals surface area contributed by atoms with Crippen molar-refractivity contribution in [3.8, 4) is 5.75 Å². The van der Waals surface area contributed by atoms with Gasteiger partial charge in [-0.25, -0.2) is 0 Å². The van der Waals surface area contributed by atoms with Crippen molar-refractivity contribution in [1.29, 1.82) is 0 Å². The molecule has 2 saturated heterocycles. The van der Waals surface area contributed by atoms with Crippen LogP contribution in [0.5, 0.6) is 5.75 Å². The first-order valence-electron chi connectivity index (χ1n) is 9.30. The van der Waals surface area contributed by atoms with E-state index in [-0.39, 0.29) is 0 Å². The topological polar surface area (TPSA) is 32.8 Å². The standard InChI is InChI=1S/C20H30N2O2/c1-16-6-4-11-22(14-16)20(23)15-21-10-5-8-18(21)12-17-7-3-9-19(13-17)24-2/h3,7,9,13,16,18H,4-6,8,10-12,14-15H2,1-2H3/t16-,18-/m1/s1. The lowest BCUT2D eigenvalue weighted by Gasteiger charge is -2.33. The molecule has 0 unspecified atom stereocenters. The van der Waals surface area contributed by atoms with Crippen LogP contribution in [0.3, 0.4) is 0 Å². The van der Waals surface area contributed by atoms with E-state index >= 15 is 0 Å². The molecule has 0 aliphatic carbocycles. The van der Waals surface area contributed by atoms with Gasteiger partial charge in [0.2, 0.25) is 5.91 Å². The highest BCUT2D eigenvalue weighted by Gasteiger charge is 2.29. The first-order valence-corrected chi connectivity index (χ1v) is 9.30. The van der Waals surface area contributed by atoms with E-state index in [4.69, 9.17) is 4.74 Å². The van der Waals surface area contributed by atoms with Crippen molar-refractivity contribution in [1.82, 2.24) is 9.80 Å². The van der Waals surface area contributed by atoms with Crippen LogP contribution in [0.4, 0.5) is 0 Å². The van der Waals surface area contributed by atoms with E-state index in [9.17, 15) is 4.79 Å².